The van der Waals surface area contributed by atoms with Gasteiger partial charge in [-0.3, -0.25) is 33.8 Å². The zero-order valence-corrected chi connectivity index (χ0v) is 84.2. The Bertz CT molecular complexity index is 3970. The van der Waals surface area contributed by atoms with Gasteiger partial charge in [0.15, 0.2) is 18.9 Å². The summed E-state index contributed by atoms with van der Waals surface area (Å²) in [6, 6.07) is 2.94. The molecule has 56 heteroatoms. The molecular formula is C89H147N17O37S2. The number of unbranched alkanes of at least 4 members (excludes halogenated alkanes) is 2. The molecule has 6 fully saturated rings. The minimum atomic E-state index is -1.53. The fourth-order valence-corrected chi connectivity index (χ4v) is 17.4. The standard InChI is InChI=1S/C89H147N17O37S2/c1-64(107)94-74-77(113)80(116)87(61-138-83(74)141-87)58-132-45-42-129-39-36-126-31-26-121-21-16-103-49-67(97-100-103)52-135-55-86(56-136-53-68-50-104(101-98-68)17-22-122-27-32-127-37-40-130-43-46-133-59-88-62-139-84(142-88)75(95-65(2)108)78(114)81(88)117,57-137-54-69-51-105(102-99-69)18-23-123-28-33-128-38-41-131-44-47-134-60-89-63-140-85(143-89)76(96-66(3)109)79(115)82(89)118)106(90)73(112)10-5-4-7-13-91-70(110)11-19-119-24-29-124-34-35-125-30-25-120-20-15-92-71(111)12-48-144-145-72-9-6-8-14-93-72/h6,8-9,14,49-51,74-85,113-118H,4-5,7,10-13,15-48,52-63,90H2,1-3H3,(H,91,110)(H,92,111)(H,94,107)(H,95,108)(H,96,109)/t74-,75-,76-,77-,78-,79-,80-,81-,82-,83-,84+,85+,87+,88+,89+/m1/s1. The minimum Gasteiger partial charge on any atom is -0.388 e. The topological polar surface area (TPSA) is 649 Å². The summed E-state index contributed by atoms with van der Waals surface area (Å²) in [5.41, 5.74) is -4.06. The molecule has 6 bridgehead atoms. The number of hydrogen-bond acceptors (Lipinski definition) is 47. The van der Waals surface area contributed by atoms with Crippen LogP contribution in [0.1, 0.15) is 76.4 Å². The van der Waals surface area contributed by atoms with E-state index in [1.165, 1.54) is 31.6 Å². The van der Waals surface area contributed by atoms with Gasteiger partial charge in [0.05, 0.1) is 309 Å². The molecule has 0 unspecified atom stereocenters. The Hall–Kier alpha value is -7.19. The van der Waals surface area contributed by atoms with Crippen LogP contribution >= 0.6 is 21.6 Å². The zero-order valence-electron chi connectivity index (χ0n) is 82.6. The lowest BCUT2D eigenvalue weighted by molar-refractivity contribution is -0.238. The van der Waals surface area contributed by atoms with Crippen LogP contribution in [-0.2, 0) is 187 Å². The molecule has 10 rings (SSSR count). The number of hydrazine groups is 1. The smallest absolute Gasteiger partial charge is 0.237 e. The molecule has 145 heavy (non-hydrogen) atoms. The van der Waals surface area contributed by atoms with Crippen molar-refractivity contribution in [2.75, 3.05) is 270 Å². The van der Waals surface area contributed by atoms with E-state index in [1.807, 2.05) is 18.2 Å². The van der Waals surface area contributed by atoms with Crippen LogP contribution in [0.5, 0.6) is 0 Å². The first-order valence-corrected chi connectivity index (χ1v) is 51.0. The van der Waals surface area contributed by atoms with Crippen LogP contribution in [0.4, 0.5) is 0 Å². The van der Waals surface area contributed by atoms with Gasteiger partial charge >= 0.3 is 0 Å². The number of rotatable bonds is 84. The molecule has 6 amide bonds. The van der Waals surface area contributed by atoms with E-state index in [0.717, 1.165) is 10.0 Å². The lowest BCUT2D eigenvalue weighted by Crippen LogP contribution is -2.66. The van der Waals surface area contributed by atoms with Crippen molar-refractivity contribution < 1.29 is 178 Å². The van der Waals surface area contributed by atoms with Gasteiger partial charge in [0, 0.05) is 65.1 Å². The van der Waals surface area contributed by atoms with Crippen LogP contribution in [0, 0.1) is 0 Å². The van der Waals surface area contributed by atoms with Crippen molar-refractivity contribution in [2.24, 2.45) is 5.84 Å². The van der Waals surface area contributed by atoms with Crippen molar-refractivity contribution in [3.8, 4) is 0 Å². The second kappa shape index (κ2) is 67.2. The Morgan fingerprint density at radius 3 is 1.10 bits per heavy atom. The van der Waals surface area contributed by atoms with Crippen LogP contribution in [0.2, 0.25) is 0 Å². The maximum Gasteiger partial charge on any atom is 0.237 e. The molecule has 4 aromatic heterocycles. The molecule has 6 aliphatic heterocycles. The summed E-state index contributed by atoms with van der Waals surface area (Å²) >= 11 is 0. The average Bonchev–Trinajstić information content (AvgIpc) is 1.61. The van der Waals surface area contributed by atoms with E-state index < -0.39 is 120 Å². The zero-order chi connectivity index (χ0) is 103. The average molecular weight is 2110 g/mol. The van der Waals surface area contributed by atoms with Crippen LogP contribution in [-0.4, -0.2) is 487 Å². The molecule has 0 spiro atoms. The number of nitrogens with one attached hydrogen (secondary N) is 5. The van der Waals surface area contributed by atoms with E-state index in [-0.39, 0.29) is 256 Å². The van der Waals surface area contributed by atoms with Crippen LogP contribution < -0.4 is 32.4 Å². The van der Waals surface area contributed by atoms with Gasteiger partial charge in [-0.05, 0) is 35.8 Å². The van der Waals surface area contributed by atoms with Gasteiger partial charge in [0.1, 0.15) is 99.2 Å². The second-order valence-corrected chi connectivity index (χ2v) is 37.1. The maximum absolute atomic E-state index is 14.6. The molecule has 6 saturated heterocycles. The number of fused-ring (bicyclic) bond motifs is 6. The first-order chi connectivity index (χ1) is 70.5. The largest absolute Gasteiger partial charge is 0.388 e. The Morgan fingerprint density at radius 1 is 0.414 bits per heavy atom. The normalized spacial score (nSPS) is 23.7. The Balaban J connectivity index is 0.646. The Kier molecular flexibility index (Phi) is 55.4. The Morgan fingerprint density at radius 2 is 0.745 bits per heavy atom. The first-order valence-electron chi connectivity index (χ1n) is 48.7. The maximum atomic E-state index is 14.6. The Labute approximate surface area is 848 Å². The monoisotopic (exact) mass is 2110 g/mol. The van der Waals surface area contributed by atoms with E-state index in [1.54, 1.807) is 49.6 Å². The number of nitrogens with two attached hydrogens (primary N) is 1. The third-order valence-electron chi connectivity index (χ3n) is 23.1. The predicted molar refractivity (Wildman–Crippen MR) is 502 cm³/mol. The lowest BCUT2D eigenvalue weighted by atomic mass is 9.88. The number of pyridine rings is 1. The van der Waals surface area contributed by atoms with Crippen LogP contribution in [0.15, 0.2) is 48.0 Å². The number of carbonyl (C=O) groups excluding carboxylic acids is 6. The van der Waals surface area contributed by atoms with Crippen molar-refractivity contribution in [2.45, 2.75) is 200 Å². The van der Waals surface area contributed by atoms with Gasteiger partial charge in [0.2, 0.25) is 35.4 Å². The minimum absolute atomic E-state index is 0.00199. The molecule has 15 atom stereocenters. The molecule has 822 valence electrons. The predicted octanol–water partition coefficient (Wildman–Crippen LogP) is -5.42. The molecular weight excluding hydrogens is 1960 g/mol. The SMILES string of the molecule is CC(=O)N[C@H]1[C@@H]2OC[C@](COCCOCCOCCOCCn3cc(COCC(COCc4cn(CCOCCOCCOCCOC[C@@]56CO[C@@H](O5)[C@H](NC(C)=O)[C@@H](O)[C@H]6O)nn4)(COCc4cn(CCOCCOCCOCCOC[C@@]56CO[C@@H](O5)[C@H](NC(C)=O)[C@@H](O)[C@H]6O)nn4)N(N)C(=O)CCCCCNC(=O)CCOCCOCCOCCOCCNC(=O)CCSSc4ccccn4)nn3)(O2)[C@H](O)[C@@H]1O. The van der Waals surface area contributed by atoms with E-state index in [9.17, 15) is 59.4 Å². The number of aliphatic hydroxyl groups is 6. The van der Waals surface area contributed by atoms with Gasteiger partial charge in [0.25, 0.3) is 0 Å². The second-order valence-electron chi connectivity index (χ2n) is 34.7. The molecule has 0 aromatic carbocycles. The summed E-state index contributed by atoms with van der Waals surface area (Å²) in [7, 11) is 3.11. The highest BCUT2D eigenvalue weighted by atomic mass is 33.1. The summed E-state index contributed by atoms with van der Waals surface area (Å²) < 4.78 is 149. The molecule has 6 aliphatic rings. The van der Waals surface area contributed by atoms with Crippen molar-refractivity contribution in [3.05, 3.63) is 60.1 Å². The van der Waals surface area contributed by atoms with E-state index in [4.69, 9.17) is 124 Å². The summed E-state index contributed by atoms with van der Waals surface area (Å²) in [5.74, 6) is 5.77. The van der Waals surface area contributed by atoms with Gasteiger partial charge in [-0.25, -0.2) is 24.9 Å². The summed E-state index contributed by atoms with van der Waals surface area (Å²) in [4.78, 5) is 78.7. The van der Waals surface area contributed by atoms with Crippen molar-refractivity contribution in [1.82, 2.24) is 81.6 Å². The molecule has 54 nitrogen and oxygen atoms in total. The molecule has 0 aliphatic carbocycles. The lowest BCUT2D eigenvalue weighted by Gasteiger charge is -2.42. The number of nitrogens with zero attached hydrogens (tertiary/aromatic N) is 11. The highest BCUT2D eigenvalue weighted by Crippen LogP contribution is 2.41. The summed E-state index contributed by atoms with van der Waals surface area (Å²) in [6.45, 7) is 12.2. The van der Waals surface area contributed by atoms with Gasteiger partial charge in [-0.15, -0.1) is 15.3 Å². The van der Waals surface area contributed by atoms with Crippen molar-refractivity contribution in [3.63, 3.8) is 0 Å². The number of ether oxygens (including phenoxy) is 25. The third-order valence-corrected chi connectivity index (χ3v) is 25.4. The molecule has 4 aromatic rings. The quantitative estimate of drug-likeness (QED) is 0.00645. The van der Waals surface area contributed by atoms with Crippen LogP contribution in [0.3, 0.4) is 0 Å². The van der Waals surface area contributed by atoms with Gasteiger partial charge < -0.3 is 176 Å². The number of amides is 6. The fourth-order valence-electron chi connectivity index (χ4n) is 15.5. The highest BCUT2D eigenvalue weighted by Gasteiger charge is 2.62. The van der Waals surface area contributed by atoms with E-state index >= 15 is 0 Å². The third kappa shape index (κ3) is 42.2. The molecule has 0 radical (unpaired) electrons. The molecule has 10 heterocycles. The molecule has 13 N–H and O–H groups in total. The number of aromatic nitrogens is 10. The number of hydrogen-bond donors (Lipinski definition) is 12. The number of aliphatic hydroxyl groups excluding tert-OH is 6. The fraction of sp³-hybridized carbons (Fsp3) is 0.809. The van der Waals surface area contributed by atoms with Crippen LogP contribution in [0.25, 0.3) is 0 Å². The highest BCUT2D eigenvalue weighted by molar-refractivity contribution is 8.76. The number of carbonyl (C=O) groups is 6. The van der Waals surface area contributed by atoms with E-state index in [2.05, 4.69) is 62.5 Å². The van der Waals surface area contributed by atoms with E-state index in [0.29, 0.717) is 121 Å². The van der Waals surface area contributed by atoms with Crippen molar-refractivity contribution >= 4 is 57.0 Å². The van der Waals surface area contributed by atoms with Crippen molar-refractivity contribution in [1.29, 1.82) is 0 Å². The molecule has 0 saturated carbocycles. The first kappa shape index (κ1) is 120. The van der Waals surface area contributed by atoms with Gasteiger partial charge in [-0.1, -0.05) is 38.9 Å². The summed E-state index contributed by atoms with van der Waals surface area (Å²) in [5, 5.41) is 106. The van der Waals surface area contributed by atoms with Gasteiger partial charge in [-0.2, -0.15) is 0 Å². The summed E-state index contributed by atoms with van der Waals surface area (Å²) in [6.07, 6.45) is -1.94.